The predicted molar refractivity (Wildman–Crippen MR) is 92.0 cm³/mol. The van der Waals surface area contributed by atoms with Gasteiger partial charge < -0.3 is 4.98 Å². The fourth-order valence-corrected chi connectivity index (χ4v) is 2.80. The van der Waals surface area contributed by atoms with Gasteiger partial charge in [0.15, 0.2) is 0 Å². The Morgan fingerprint density at radius 3 is 2.09 bits per heavy atom. The molecule has 0 fully saturated rings. The molecule has 4 aromatic rings. The van der Waals surface area contributed by atoms with Gasteiger partial charge in [0.25, 0.3) is 0 Å². The highest BCUT2D eigenvalue weighted by molar-refractivity contribution is 6.35. The van der Waals surface area contributed by atoms with Crippen molar-refractivity contribution < 1.29 is 0 Å². The van der Waals surface area contributed by atoms with Crippen molar-refractivity contribution in [1.29, 1.82) is 0 Å². The van der Waals surface area contributed by atoms with Gasteiger partial charge in [0, 0.05) is 5.56 Å². The quantitative estimate of drug-likeness (QED) is 0.516. The van der Waals surface area contributed by atoms with E-state index in [4.69, 9.17) is 11.6 Å². The molecule has 1 aromatic heterocycles. The molecule has 4 rings (SSSR count). The van der Waals surface area contributed by atoms with E-state index < -0.39 is 0 Å². The van der Waals surface area contributed by atoms with Gasteiger partial charge in [-0.2, -0.15) is 0 Å². The molecule has 0 atom stereocenters. The number of nitrogens with one attached hydrogen (secondary N) is 1. The van der Waals surface area contributed by atoms with E-state index in [-0.39, 0.29) is 0 Å². The van der Waals surface area contributed by atoms with E-state index in [0.717, 1.165) is 22.4 Å². The Labute approximate surface area is 133 Å². The Morgan fingerprint density at radius 2 is 1.36 bits per heavy atom. The molecular formula is C19H13ClN2. The van der Waals surface area contributed by atoms with Gasteiger partial charge in [-0.1, -0.05) is 72.3 Å². The minimum Gasteiger partial charge on any atom is -0.338 e. The summed E-state index contributed by atoms with van der Waals surface area (Å²) in [4.78, 5) is 7.91. The first-order valence-electron chi connectivity index (χ1n) is 7.11. The standard InChI is InChI=1S/C19H13ClN2/c20-16-7-4-8-17-18(16)22-19(21-17)15-11-9-14(10-12-15)13-5-2-1-3-6-13/h1-12H,(H,21,22). The summed E-state index contributed by atoms with van der Waals surface area (Å²) < 4.78 is 0. The Kier molecular flexibility index (Phi) is 3.17. The van der Waals surface area contributed by atoms with Crippen LogP contribution in [0.5, 0.6) is 0 Å². The van der Waals surface area contributed by atoms with Crippen LogP contribution in [-0.4, -0.2) is 9.97 Å². The maximum atomic E-state index is 6.18. The number of aromatic nitrogens is 2. The molecule has 0 aliphatic rings. The zero-order valence-electron chi connectivity index (χ0n) is 11.8. The number of imidazole rings is 1. The largest absolute Gasteiger partial charge is 0.338 e. The number of hydrogen-bond donors (Lipinski definition) is 1. The number of H-pyrrole nitrogens is 1. The monoisotopic (exact) mass is 304 g/mol. The Balaban J connectivity index is 1.74. The zero-order valence-corrected chi connectivity index (χ0v) is 12.5. The first-order chi connectivity index (χ1) is 10.8. The number of aromatic amines is 1. The highest BCUT2D eigenvalue weighted by Gasteiger charge is 2.08. The van der Waals surface area contributed by atoms with Crippen molar-refractivity contribution >= 4 is 22.6 Å². The molecule has 0 amide bonds. The first kappa shape index (κ1) is 13.1. The molecule has 1 heterocycles. The molecule has 2 nitrogen and oxygen atoms in total. The van der Waals surface area contributed by atoms with Gasteiger partial charge in [0.1, 0.15) is 11.3 Å². The Morgan fingerprint density at radius 1 is 0.682 bits per heavy atom. The highest BCUT2D eigenvalue weighted by atomic mass is 35.5. The van der Waals surface area contributed by atoms with E-state index in [1.54, 1.807) is 0 Å². The van der Waals surface area contributed by atoms with Crippen LogP contribution in [0.4, 0.5) is 0 Å². The van der Waals surface area contributed by atoms with Crippen molar-refractivity contribution in [3.8, 4) is 22.5 Å². The van der Waals surface area contributed by atoms with Gasteiger partial charge in [-0.05, 0) is 23.3 Å². The highest BCUT2D eigenvalue weighted by Crippen LogP contribution is 2.27. The summed E-state index contributed by atoms with van der Waals surface area (Å²) in [6.07, 6.45) is 0. The van der Waals surface area contributed by atoms with Crippen LogP contribution >= 0.6 is 11.6 Å². The topological polar surface area (TPSA) is 28.7 Å². The lowest BCUT2D eigenvalue weighted by Crippen LogP contribution is -1.81. The maximum Gasteiger partial charge on any atom is 0.138 e. The summed E-state index contributed by atoms with van der Waals surface area (Å²) in [5.41, 5.74) is 5.22. The second kappa shape index (κ2) is 5.32. The third-order valence-corrected chi connectivity index (χ3v) is 4.03. The van der Waals surface area contributed by atoms with Crippen LogP contribution in [-0.2, 0) is 0 Å². The van der Waals surface area contributed by atoms with Gasteiger partial charge in [0.05, 0.1) is 10.5 Å². The number of benzene rings is 3. The van der Waals surface area contributed by atoms with Gasteiger partial charge in [-0.15, -0.1) is 0 Å². The molecule has 0 radical (unpaired) electrons. The first-order valence-corrected chi connectivity index (χ1v) is 7.49. The summed E-state index contributed by atoms with van der Waals surface area (Å²) in [6.45, 7) is 0. The van der Waals surface area contributed by atoms with Crippen molar-refractivity contribution in [3.63, 3.8) is 0 Å². The van der Waals surface area contributed by atoms with Crippen molar-refractivity contribution in [2.45, 2.75) is 0 Å². The fourth-order valence-electron chi connectivity index (χ4n) is 2.59. The average molecular weight is 305 g/mol. The fraction of sp³-hybridized carbons (Fsp3) is 0. The number of fused-ring (bicyclic) bond motifs is 1. The molecule has 0 aliphatic heterocycles. The minimum absolute atomic E-state index is 0.668. The molecule has 0 saturated heterocycles. The average Bonchev–Trinajstić information content (AvgIpc) is 3.02. The molecule has 3 heteroatoms. The molecule has 22 heavy (non-hydrogen) atoms. The van der Waals surface area contributed by atoms with Crippen LogP contribution in [0.1, 0.15) is 0 Å². The molecule has 0 bridgehead atoms. The van der Waals surface area contributed by atoms with E-state index in [2.05, 4.69) is 46.4 Å². The zero-order chi connectivity index (χ0) is 14.9. The Bertz CT molecular complexity index is 925. The van der Waals surface area contributed by atoms with Crippen molar-refractivity contribution in [2.75, 3.05) is 0 Å². The van der Waals surface area contributed by atoms with Crippen LogP contribution in [0.3, 0.4) is 0 Å². The molecule has 0 saturated carbocycles. The predicted octanol–water partition coefficient (Wildman–Crippen LogP) is 5.55. The lowest BCUT2D eigenvalue weighted by Gasteiger charge is -2.02. The van der Waals surface area contributed by atoms with Crippen LogP contribution in [0.2, 0.25) is 5.02 Å². The summed E-state index contributed by atoms with van der Waals surface area (Å²) in [7, 11) is 0. The van der Waals surface area contributed by atoms with E-state index in [1.807, 2.05) is 36.4 Å². The third kappa shape index (κ3) is 2.28. The second-order valence-corrected chi connectivity index (χ2v) is 5.57. The molecule has 106 valence electrons. The Hall–Kier alpha value is -2.58. The number of hydrogen-bond acceptors (Lipinski definition) is 1. The number of para-hydroxylation sites is 1. The van der Waals surface area contributed by atoms with Gasteiger partial charge in [-0.25, -0.2) is 4.98 Å². The number of halogens is 1. The van der Waals surface area contributed by atoms with Gasteiger partial charge >= 0.3 is 0 Å². The number of nitrogens with zero attached hydrogens (tertiary/aromatic N) is 1. The maximum absolute atomic E-state index is 6.18. The van der Waals surface area contributed by atoms with Crippen LogP contribution in [0, 0.1) is 0 Å². The van der Waals surface area contributed by atoms with E-state index in [1.165, 1.54) is 11.1 Å². The smallest absolute Gasteiger partial charge is 0.138 e. The SMILES string of the molecule is Clc1cccc2[nH]c(-c3ccc(-c4ccccc4)cc3)nc12. The van der Waals surface area contributed by atoms with E-state index >= 15 is 0 Å². The normalized spacial score (nSPS) is 11.0. The summed E-state index contributed by atoms with van der Waals surface area (Å²) in [5.74, 6) is 0.836. The molecule has 1 N–H and O–H groups in total. The molecule has 3 aromatic carbocycles. The van der Waals surface area contributed by atoms with E-state index in [0.29, 0.717) is 5.02 Å². The summed E-state index contributed by atoms with van der Waals surface area (Å²) in [5, 5.41) is 0.668. The lowest BCUT2D eigenvalue weighted by atomic mass is 10.0. The third-order valence-electron chi connectivity index (χ3n) is 3.73. The molecular weight excluding hydrogens is 292 g/mol. The second-order valence-electron chi connectivity index (χ2n) is 5.16. The minimum atomic E-state index is 0.668. The molecule has 0 spiro atoms. The van der Waals surface area contributed by atoms with Crippen molar-refractivity contribution in [3.05, 3.63) is 77.8 Å². The van der Waals surface area contributed by atoms with Crippen LogP contribution < -0.4 is 0 Å². The van der Waals surface area contributed by atoms with Crippen molar-refractivity contribution in [1.82, 2.24) is 9.97 Å². The van der Waals surface area contributed by atoms with Crippen molar-refractivity contribution in [2.24, 2.45) is 0 Å². The van der Waals surface area contributed by atoms with E-state index in [9.17, 15) is 0 Å². The van der Waals surface area contributed by atoms with Gasteiger partial charge in [-0.3, -0.25) is 0 Å². The molecule has 0 aliphatic carbocycles. The summed E-state index contributed by atoms with van der Waals surface area (Å²) in [6, 6.07) is 24.5. The van der Waals surface area contributed by atoms with Crippen LogP contribution in [0.15, 0.2) is 72.8 Å². The lowest BCUT2D eigenvalue weighted by molar-refractivity contribution is 1.34. The summed E-state index contributed by atoms with van der Waals surface area (Å²) >= 11 is 6.18. The van der Waals surface area contributed by atoms with Crippen LogP contribution in [0.25, 0.3) is 33.5 Å². The molecule has 0 unspecified atom stereocenters. The van der Waals surface area contributed by atoms with Gasteiger partial charge in [0.2, 0.25) is 0 Å². The number of rotatable bonds is 2.